The summed E-state index contributed by atoms with van der Waals surface area (Å²) in [5.41, 5.74) is 5.10. The molecule has 3 fully saturated rings. The Morgan fingerprint density at radius 1 is 0.966 bits per heavy atom. The highest BCUT2D eigenvalue weighted by Crippen LogP contribution is 2.49. The van der Waals surface area contributed by atoms with E-state index in [4.69, 9.17) is 50.6 Å². The third kappa shape index (κ3) is 17.0. The molecule has 28 heteroatoms. The fraction of sp³-hybridized carbons (Fsp3) is 0.500. The molecule has 4 bridgehead atoms. The number of alkyl carbamates (subject to hydrolysis) is 1. The molecular formula is C60H77ClN10O17. The Morgan fingerprint density at radius 3 is 2.39 bits per heavy atom. The number of urea groups is 1. The number of imide groups is 1. The lowest BCUT2D eigenvalue weighted by molar-refractivity contribution is -0.197. The van der Waals surface area contributed by atoms with E-state index in [9.17, 15) is 48.3 Å². The van der Waals surface area contributed by atoms with Gasteiger partial charge in [-0.1, -0.05) is 48.9 Å². The highest BCUT2D eigenvalue weighted by molar-refractivity contribution is 6.35. The van der Waals surface area contributed by atoms with Gasteiger partial charge >= 0.3 is 24.2 Å². The average molecular weight is 1250 g/mol. The predicted molar refractivity (Wildman–Crippen MR) is 320 cm³/mol. The number of primary amides is 1. The minimum Gasteiger partial charge on any atom is -0.495 e. The Hall–Kier alpha value is -8.37. The molecule has 9 N–H and O–H groups in total. The third-order valence-corrected chi connectivity index (χ3v) is 16.2. The van der Waals surface area contributed by atoms with Gasteiger partial charge in [0, 0.05) is 76.2 Å². The lowest BCUT2D eigenvalue weighted by Crippen LogP contribution is -2.63. The van der Waals surface area contributed by atoms with Crippen molar-refractivity contribution in [3.63, 3.8) is 0 Å². The second-order valence-electron chi connectivity index (χ2n) is 22.3. The number of pyridine rings is 1. The number of carbonyl (C=O) groups is 9. The summed E-state index contributed by atoms with van der Waals surface area (Å²) < 4.78 is 35.0. The molecule has 1 unspecified atom stereocenters. The molecule has 3 saturated heterocycles. The van der Waals surface area contributed by atoms with E-state index in [-0.39, 0.29) is 61.6 Å². The number of allylic oxidation sites excluding steroid dienone is 4. The van der Waals surface area contributed by atoms with Gasteiger partial charge < -0.3 is 70.3 Å². The van der Waals surface area contributed by atoms with Gasteiger partial charge in [-0.15, -0.1) is 5.06 Å². The summed E-state index contributed by atoms with van der Waals surface area (Å²) in [6.45, 7) is 11.1. The standard InChI is InChI=1S/C60H77ClN10O17/c1-32-14-12-17-44(84-9)60(81)31-43(85-58(80)69-60)34(3)53-59(5,87-53)45(30-49(74)70(6)41-27-36(26-32)28-42(83-8)51(41)61)86-57(79)65-38-20-21-39-37(29-38)19-22-46(66-39)68-54(76)40(16-13-25-63-56(62)78)67-55(77)52(35(4)82-7)64-33(2)15-10-11-18-50(75)88-71-47(72)23-24-48(71)73/h12,14,17,19-22,27-29,34-35,40,43-45,52-53,64,81H,2,10-11,13,15-16,18,23-26,30-31H2,1,3-9H3,(H,65,79)(H,67,77)(H,69,80)(H3,62,63,78)(H,66,68,76)/b17-12+,32-14+/t34-,35?,40+,43+,44-,45+,52+,53+,59+,60+/m1/s1. The van der Waals surface area contributed by atoms with Crippen LogP contribution in [0.25, 0.3) is 10.9 Å². The van der Waals surface area contributed by atoms with Gasteiger partial charge in [0.2, 0.25) is 17.7 Å². The Bertz CT molecular complexity index is 3220. The summed E-state index contributed by atoms with van der Waals surface area (Å²) in [6, 6.07) is 8.43. The molecule has 1 aromatic heterocycles. The number of nitrogens with one attached hydrogen (secondary N) is 6. The Balaban J connectivity index is 1.04. The first-order valence-electron chi connectivity index (χ1n) is 28.7. The lowest BCUT2D eigenvalue weighted by atomic mass is 9.83. The van der Waals surface area contributed by atoms with Crippen LogP contribution in [-0.2, 0) is 63.7 Å². The summed E-state index contributed by atoms with van der Waals surface area (Å²) in [6.07, 6.45) is -0.235. The van der Waals surface area contributed by atoms with Crippen molar-refractivity contribution in [2.75, 3.05) is 50.5 Å². The van der Waals surface area contributed by atoms with E-state index in [0.717, 1.165) is 11.1 Å². The zero-order valence-electron chi connectivity index (χ0n) is 50.4. The molecule has 4 aliphatic heterocycles. The normalized spacial score (nSPS) is 24.8. The fourth-order valence-corrected chi connectivity index (χ4v) is 11.0. The maximum atomic E-state index is 14.5. The van der Waals surface area contributed by atoms with E-state index < -0.39 is 120 Å². The van der Waals surface area contributed by atoms with E-state index in [0.29, 0.717) is 58.8 Å². The van der Waals surface area contributed by atoms with Crippen molar-refractivity contribution in [1.82, 2.24) is 31.3 Å². The van der Waals surface area contributed by atoms with Crippen LogP contribution in [-0.4, -0.2) is 158 Å². The van der Waals surface area contributed by atoms with Gasteiger partial charge in [-0.3, -0.25) is 34.6 Å². The van der Waals surface area contributed by atoms with Crippen molar-refractivity contribution in [2.45, 2.75) is 152 Å². The number of hydroxylamine groups is 2. The molecule has 0 aliphatic carbocycles. The van der Waals surface area contributed by atoms with Crippen LogP contribution in [0.2, 0.25) is 5.02 Å². The predicted octanol–water partition coefficient (Wildman–Crippen LogP) is 5.47. The van der Waals surface area contributed by atoms with E-state index in [1.54, 1.807) is 76.4 Å². The number of hydrogen-bond donors (Lipinski definition) is 8. The van der Waals surface area contributed by atoms with Crippen molar-refractivity contribution in [2.24, 2.45) is 11.7 Å². The lowest BCUT2D eigenvalue weighted by Gasteiger charge is -2.42. The van der Waals surface area contributed by atoms with Gasteiger partial charge in [-0.05, 0) is 107 Å². The summed E-state index contributed by atoms with van der Waals surface area (Å²) in [7, 11) is 5.82. The molecule has 10 atom stereocenters. The number of amides is 9. The van der Waals surface area contributed by atoms with E-state index in [1.165, 1.54) is 32.3 Å². The Morgan fingerprint density at radius 2 is 1.69 bits per heavy atom. The quantitative estimate of drug-likeness (QED) is 0.0351. The maximum Gasteiger partial charge on any atom is 0.412 e. The van der Waals surface area contributed by atoms with Crippen molar-refractivity contribution in [3.05, 3.63) is 89.1 Å². The molecule has 476 valence electrons. The van der Waals surface area contributed by atoms with E-state index in [2.05, 4.69) is 43.5 Å². The van der Waals surface area contributed by atoms with Crippen LogP contribution in [0, 0.1) is 5.92 Å². The van der Waals surface area contributed by atoms with Crippen molar-refractivity contribution < 1.29 is 81.5 Å². The van der Waals surface area contributed by atoms with Gasteiger partial charge in [0.05, 0.1) is 36.9 Å². The topological polar surface area (TPSA) is 359 Å². The number of benzene rings is 2. The maximum absolute atomic E-state index is 14.5. The minimum atomic E-state index is -1.90. The van der Waals surface area contributed by atoms with Crippen LogP contribution in [0.4, 0.5) is 31.6 Å². The van der Waals surface area contributed by atoms with Gasteiger partial charge in [-0.25, -0.2) is 24.2 Å². The number of unbranched alkanes of at least 4 members (excludes halogenated alkanes) is 1. The molecular weight excluding hydrogens is 1170 g/mol. The molecule has 27 nitrogen and oxygen atoms in total. The van der Waals surface area contributed by atoms with Gasteiger partial charge in [0.25, 0.3) is 11.8 Å². The first-order chi connectivity index (χ1) is 41.7. The van der Waals surface area contributed by atoms with Crippen LogP contribution < -0.4 is 47.3 Å². The van der Waals surface area contributed by atoms with Crippen LogP contribution in [0.3, 0.4) is 0 Å². The second-order valence-corrected chi connectivity index (χ2v) is 22.7. The largest absolute Gasteiger partial charge is 0.495 e. The number of nitrogens with two attached hydrogens (primary N) is 1. The second kappa shape index (κ2) is 29.6. The summed E-state index contributed by atoms with van der Waals surface area (Å²) in [5, 5.41) is 29.4. The van der Waals surface area contributed by atoms with Crippen LogP contribution >= 0.6 is 11.6 Å². The van der Waals surface area contributed by atoms with E-state index in [1.807, 2.05) is 13.0 Å². The average Bonchev–Trinajstić information content (AvgIpc) is 1.79. The number of carbonyl (C=O) groups excluding carboxylic acids is 9. The number of epoxide rings is 1. The summed E-state index contributed by atoms with van der Waals surface area (Å²) in [4.78, 5) is 128. The monoisotopic (exact) mass is 1240 g/mol. The SMILES string of the molecule is C=C(CCCCC(=O)ON1C(=O)CCC1=O)N[C@H](C(=O)N[C@@H](CCCNC(N)=O)C(=O)Nc1ccc2cc(NC(=O)O[C@H]3CC(=O)N(C)c4cc(cc(OC)c4Cl)C/C(C)=C/C=C/[C@@H](OC)[C@@]4(O)C[C@H](OC(=O)N4)[C@@H](C)[C@@H]4O[C@@]34C)ccc2n1)C(C)OC. The number of anilines is 3. The number of fused-ring (bicyclic) bond motifs is 6. The molecule has 4 aliphatic rings. The zero-order valence-corrected chi connectivity index (χ0v) is 51.1. The molecule has 88 heavy (non-hydrogen) atoms. The molecule has 2 aromatic carbocycles. The number of aromatic nitrogens is 1. The third-order valence-electron chi connectivity index (χ3n) is 15.8. The van der Waals surface area contributed by atoms with E-state index >= 15 is 0 Å². The Labute approximate surface area is 513 Å². The van der Waals surface area contributed by atoms with Crippen LogP contribution in [0.5, 0.6) is 5.75 Å². The molecule has 3 aromatic rings. The number of ether oxygens (including phenoxy) is 6. The van der Waals surface area contributed by atoms with Crippen LogP contribution in [0.15, 0.2) is 78.5 Å². The summed E-state index contributed by atoms with van der Waals surface area (Å²) >= 11 is 6.85. The Kier molecular flexibility index (Phi) is 22.5. The molecule has 7 rings (SSSR count). The smallest absolute Gasteiger partial charge is 0.412 e. The minimum absolute atomic E-state index is 0.0236. The number of nitrogens with zero attached hydrogens (tertiary/aromatic N) is 3. The highest BCUT2D eigenvalue weighted by Gasteiger charge is 2.64. The number of methoxy groups -OCH3 is 3. The number of rotatable bonds is 22. The number of hydrogen-bond acceptors (Lipinski definition) is 19. The number of aliphatic hydroxyl groups is 1. The van der Waals surface area contributed by atoms with Crippen LogP contribution in [0.1, 0.15) is 97.5 Å². The highest BCUT2D eigenvalue weighted by atomic mass is 35.5. The van der Waals surface area contributed by atoms with Crippen molar-refractivity contribution in [3.8, 4) is 5.75 Å². The molecule has 9 amide bonds. The van der Waals surface area contributed by atoms with Gasteiger partial charge in [0.1, 0.15) is 52.6 Å². The zero-order chi connectivity index (χ0) is 64.2. The first kappa shape index (κ1) is 67.1. The molecule has 5 heterocycles. The summed E-state index contributed by atoms with van der Waals surface area (Å²) in [5.74, 6) is -3.85. The van der Waals surface area contributed by atoms with Gasteiger partial charge in [0.15, 0.2) is 5.72 Å². The number of halogens is 1. The fourth-order valence-electron chi connectivity index (χ4n) is 10.7. The molecule has 0 radical (unpaired) electrons. The molecule has 0 spiro atoms. The van der Waals surface area contributed by atoms with Gasteiger partial charge in [-0.2, -0.15) is 0 Å². The van der Waals surface area contributed by atoms with Crippen molar-refractivity contribution >= 4 is 93.4 Å². The molecule has 0 saturated carbocycles. The first-order valence-corrected chi connectivity index (χ1v) is 29.1. The van der Waals surface area contributed by atoms with Crippen molar-refractivity contribution in [1.29, 1.82) is 0 Å².